The van der Waals surface area contributed by atoms with E-state index in [0.717, 1.165) is 11.1 Å². The average molecular weight is 179 g/mol. The van der Waals surface area contributed by atoms with Crippen LogP contribution in [-0.4, -0.2) is 6.09 Å². The number of nitrogens with two attached hydrogens (primary N) is 2. The molecular weight excluding hydrogens is 168 g/mol. The molecule has 0 aliphatic carbocycles. The van der Waals surface area contributed by atoms with E-state index in [1.165, 1.54) is 6.61 Å². The number of amides is 1. The topological polar surface area (TPSA) is 78.3 Å². The monoisotopic (exact) mass is 179 g/mol. The van der Waals surface area contributed by atoms with Gasteiger partial charge in [-0.15, -0.1) is 0 Å². The molecule has 0 fully saturated rings. The Balaban J connectivity index is 2.54. The van der Waals surface area contributed by atoms with Gasteiger partial charge in [0.1, 0.15) is 0 Å². The quantitative estimate of drug-likeness (QED) is 0.718. The molecule has 0 bridgehead atoms. The number of carbonyl (C=O) groups excluding carboxylic acids is 1. The summed E-state index contributed by atoms with van der Waals surface area (Å²) < 4.78 is 4.48. The summed E-state index contributed by atoms with van der Waals surface area (Å²) in [6, 6.07) is 7.31. The minimum atomic E-state index is -0.817. The summed E-state index contributed by atoms with van der Waals surface area (Å²) in [5.74, 6) is 0. The normalized spacial score (nSPS) is 9.62. The van der Waals surface area contributed by atoms with Gasteiger partial charge in [-0.1, -0.05) is 24.3 Å². The van der Waals surface area contributed by atoms with Gasteiger partial charge < -0.3 is 16.2 Å². The second-order valence-electron chi connectivity index (χ2n) is 2.50. The molecule has 1 aromatic rings. The van der Waals surface area contributed by atoms with Gasteiger partial charge in [-0.25, -0.2) is 4.79 Å². The molecule has 4 N–H and O–H groups in total. The van der Waals surface area contributed by atoms with Crippen LogP contribution in [0.1, 0.15) is 11.1 Å². The molecule has 4 nitrogen and oxygen atoms in total. The molecule has 0 atom stereocenters. The summed E-state index contributed by atoms with van der Waals surface area (Å²) in [7, 11) is 0. The van der Waals surface area contributed by atoms with Crippen LogP contribution in [0.25, 0.3) is 0 Å². The van der Waals surface area contributed by atoms with Crippen LogP contribution in [0.5, 0.6) is 0 Å². The Labute approximate surface area is 76.5 Å². The molecule has 0 saturated carbocycles. The van der Waals surface area contributed by atoms with Crippen molar-refractivity contribution in [1.82, 2.24) is 0 Å². The second-order valence-corrected chi connectivity index (χ2v) is 2.50. The van der Waals surface area contributed by atoms with Gasteiger partial charge in [-0.05, 0) is 11.1 Å². The smallest absolute Gasteiger partial charge is 0.405 e. The van der Waals surface area contributed by atoms with Gasteiger partial charge in [0.15, 0.2) is 6.61 Å². The summed E-state index contributed by atoms with van der Waals surface area (Å²) in [6.45, 7) is 1.79. The lowest BCUT2D eigenvalue weighted by atomic mass is 10.1. The first kappa shape index (κ1) is 9.54. The highest BCUT2D eigenvalue weighted by molar-refractivity contribution is 5.65. The highest BCUT2D eigenvalue weighted by atomic mass is 16.5. The van der Waals surface area contributed by atoms with Gasteiger partial charge in [0.05, 0.1) is 0 Å². The van der Waals surface area contributed by atoms with Crippen molar-refractivity contribution in [2.75, 3.05) is 0 Å². The predicted octanol–water partition coefficient (Wildman–Crippen LogP) is 0.750. The van der Waals surface area contributed by atoms with E-state index in [1.54, 1.807) is 12.1 Å². The lowest BCUT2D eigenvalue weighted by Gasteiger charge is -2.01. The van der Waals surface area contributed by atoms with Crippen LogP contribution in [0.2, 0.25) is 0 Å². The van der Waals surface area contributed by atoms with Gasteiger partial charge in [-0.2, -0.15) is 0 Å². The van der Waals surface area contributed by atoms with E-state index < -0.39 is 6.09 Å². The van der Waals surface area contributed by atoms with Gasteiger partial charge in [-0.3, -0.25) is 0 Å². The van der Waals surface area contributed by atoms with Crippen molar-refractivity contribution >= 4 is 6.09 Å². The van der Waals surface area contributed by atoms with E-state index in [9.17, 15) is 4.79 Å². The average Bonchev–Trinajstić information content (AvgIpc) is 2.15. The van der Waals surface area contributed by atoms with Gasteiger partial charge >= 0.3 is 6.09 Å². The number of hydrogen-bond donors (Lipinski definition) is 2. The molecule has 0 unspecified atom stereocenters. The predicted molar refractivity (Wildman–Crippen MR) is 48.4 cm³/mol. The van der Waals surface area contributed by atoms with Crippen molar-refractivity contribution in [1.29, 1.82) is 0 Å². The van der Waals surface area contributed by atoms with E-state index in [0.29, 0.717) is 6.54 Å². The van der Waals surface area contributed by atoms with Crippen LogP contribution in [0.15, 0.2) is 24.3 Å². The standard InChI is InChI=1S/C9H11N2O2/c10-5-7-1-3-8(4-2-7)6-13-9(11)12/h1-4,6H,5,10H2,(H2,11,12). The van der Waals surface area contributed by atoms with E-state index in [-0.39, 0.29) is 0 Å². The largest absolute Gasteiger partial charge is 0.437 e. The molecule has 1 radical (unpaired) electrons. The third-order valence-corrected chi connectivity index (χ3v) is 1.53. The molecule has 4 heteroatoms. The molecular formula is C9H11N2O2. The van der Waals surface area contributed by atoms with E-state index in [4.69, 9.17) is 11.5 Å². The number of primary amides is 1. The highest BCUT2D eigenvalue weighted by Gasteiger charge is 1.97. The molecule has 0 saturated heterocycles. The molecule has 1 amide bonds. The SMILES string of the molecule is NCc1ccc([CH]OC(N)=O)cc1. The van der Waals surface area contributed by atoms with Crippen LogP contribution >= 0.6 is 0 Å². The molecule has 0 aliphatic rings. The van der Waals surface area contributed by atoms with Crippen molar-refractivity contribution in [3.8, 4) is 0 Å². The summed E-state index contributed by atoms with van der Waals surface area (Å²) in [5.41, 5.74) is 12.0. The summed E-state index contributed by atoms with van der Waals surface area (Å²) in [4.78, 5) is 10.2. The molecule has 0 aromatic heterocycles. The zero-order chi connectivity index (χ0) is 9.68. The molecule has 1 rings (SSSR count). The maximum Gasteiger partial charge on any atom is 0.405 e. The van der Waals surface area contributed by atoms with Crippen LogP contribution < -0.4 is 11.5 Å². The molecule has 1 aromatic carbocycles. The Hall–Kier alpha value is -1.55. The molecule has 13 heavy (non-hydrogen) atoms. The fraction of sp³-hybridized carbons (Fsp3) is 0.111. The maximum absolute atomic E-state index is 10.2. The first-order chi connectivity index (χ1) is 6.22. The van der Waals surface area contributed by atoms with Crippen LogP contribution in [-0.2, 0) is 11.3 Å². The Kier molecular flexibility index (Phi) is 3.28. The van der Waals surface area contributed by atoms with Crippen LogP contribution in [0, 0.1) is 6.61 Å². The Morgan fingerprint density at radius 2 is 2.00 bits per heavy atom. The number of benzene rings is 1. The van der Waals surface area contributed by atoms with Gasteiger partial charge in [0, 0.05) is 6.54 Å². The van der Waals surface area contributed by atoms with Gasteiger partial charge in [0.25, 0.3) is 0 Å². The molecule has 69 valence electrons. The van der Waals surface area contributed by atoms with Crippen molar-refractivity contribution in [2.45, 2.75) is 6.54 Å². The Morgan fingerprint density at radius 1 is 1.38 bits per heavy atom. The fourth-order valence-electron chi connectivity index (χ4n) is 0.858. The summed E-state index contributed by atoms with van der Waals surface area (Å²) >= 11 is 0. The van der Waals surface area contributed by atoms with Crippen molar-refractivity contribution in [3.05, 3.63) is 42.0 Å². The summed E-state index contributed by atoms with van der Waals surface area (Å²) in [5, 5.41) is 0. The van der Waals surface area contributed by atoms with E-state index >= 15 is 0 Å². The second kappa shape index (κ2) is 4.47. The minimum Gasteiger partial charge on any atom is -0.437 e. The number of ether oxygens (including phenoxy) is 1. The fourth-order valence-corrected chi connectivity index (χ4v) is 0.858. The highest BCUT2D eigenvalue weighted by Crippen LogP contribution is 2.06. The molecule has 0 aliphatic heterocycles. The molecule has 0 spiro atoms. The van der Waals surface area contributed by atoms with Crippen LogP contribution in [0.3, 0.4) is 0 Å². The van der Waals surface area contributed by atoms with Crippen molar-refractivity contribution in [2.24, 2.45) is 11.5 Å². The van der Waals surface area contributed by atoms with Crippen molar-refractivity contribution < 1.29 is 9.53 Å². The van der Waals surface area contributed by atoms with E-state index in [2.05, 4.69) is 4.74 Å². The van der Waals surface area contributed by atoms with E-state index in [1.807, 2.05) is 12.1 Å². The molecule has 0 heterocycles. The number of hydrogen-bond acceptors (Lipinski definition) is 3. The first-order valence-corrected chi connectivity index (χ1v) is 3.80. The number of carbonyl (C=O) groups is 1. The number of rotatable bonds is 3. The minimum absolute atomic E-state index is 0.497. The Bertz CT molecular complexity index is 282. The summed E-state index contributed by atoms with van der Waals surface area (Å²) in [6.07, 6.45) is -0.817. The van der Waals surface area contributed by atoms with Crippen LogP contribution in [0.4, 0.5) is 4.79 Å². The zero-order valence-corrected chi connectivity index (χ0v) is 7.07. The third-order valence-electron chi connectivity index (χ3n) is 1.53. The zero-order valence-electron chi connectivity index (χ0n) is 7.07. The first-order valence-electron chi connectivity index (χ1n) is 3.80. The third kappa shape index (κ3) is 3.13. The van der Waals surface area contributed by atoms with Crippen molar-refractivity contribution in [3.63, 3.8) is 0 Å². The lowest BCUT2D eigenvalue weighted by Crippen LogP contribution is -2.11. The Morgan fingerprint density at radius 3 is 2.46 bits per heavy atom. The maximum atomic E-state index is 10.2. The van der Waals surface area contributed by atoms with Gasteiger partial charge in [0.2, 0.25) is 0 Å². The lowest BCUT2D eigenvalue weighted by molar-refractivity contribution is 0.186.